The second-order valence-electron chi connectivity index (χ2n) is 7.91. The zero-order chi connectivity index (χ0) is 22.7. The normalized spacial score (nSPS) is 18.2. The van der Waals surface area contributed by atoms with E-state index in [0.717, 1.165) is 31.2 Å². The Morgan fingerprint density at radius 2 is 2.03 bits per heavy atom. The molecule has 2 aromatic rings. The number of halogens is 2. The second kappa shape index (κ2) is 10.0. The second-order valence-corrected chi connectivity index (χ2v) is 9.15. The third kappa shape index (κ3) is 4.96. The molecule has 0 radical (unpaired) electrons. The summed E-state index contributed by atoms with van der Waals surface area (Å²) in [7, 11) is 1.55. The van der Waals surface area contributed by atoms with Crippen molar-refractivity contribution in [1.82, 2.24) is 10.2 Å². The molecule has 0 unspecified atom stereocenters. The summed E-state index contributed by atoms with van der Waals surface area (Å²) in [5, 5.41) is 3.54. The zero-order valence-corrected chi connectivity index (χ0v) is 20.1. The minimum atomic E-state index is -0.312. The molecule has 8 heteroatoms. The van der Waals surface area contributed by atoms with E-state index >= 15 is 0 Å². The first-order valence-corrected chi connectivity index (χ1v) is 11.8. The number of benzene rings is 2. The van der Waals surface area contributed by atoms with Gasteiger partial charge in [0, 0.05) is 6.04 Å². The minimum Gasteiger partial charge on any atom is -0.493 e. The minimum absolute atomic E-state index is 0.0941. The van der Waals surface area contributed by atoms with E-state index < -0.39 is 0 Å². The lowest BCUT2D eigenvalue weighted by Gasteiger charge is -2.29. The van der Waals surface area contributed by atoms with E-state index in [2.05, 4.69) is 21.2 Å². The maximum atomic E-state index is 13.4. The number of amides is 1. The summed E-state index contributed by atoms with van der Waals surface area (Å²) in [5.41, 5.74) is 1.92. The number of rotatable bonds is 6. The molecule has 1 saturated heterocycles. The van der Waals surface area contributed by atoms with Gasteiger partial charge in [-0.15, -0.1) is 0 Å². The van der Waals surface area contributed by atoms with Gasteiger partial charge in [0.15, 0.2) is 16.6 Å². The standard InChI is InChI=1S/C24H24BrFN2O3S/c1-30-21-13-16(11-19(25)22(21)31-14-15-6-5-7-17(26)10-15)12-20-23(29)28(24(32)27-20)18-8-3-2-4-9-18/h5-7,10-13,18H,2-4,8-9,14H2,1H3,(H,27,32)/b20-12-. The van der Waals surface area contributed by atoms with Crippen molar-refractivity contribution in [2.45, 2.75) is 44.8 Å². The Labute approximate surface area is 200 Å². The Morgan fingerprint density at radius 1 is 1.25 bits per heavy atom. The van der Waals surface area contributed by atoms with Gasteiger partial charge in [-0.25, -0.2) is 4.39 Å². The average Bonchev–Trinajstić information content (AvgIpc) is 3.06. The van der Waals surface area contributed by atoms with Gasteiger partial charge in [0.1, 0.15) is 18.1 Å². The van der Waals surface area contributed by atoms with Crippen LogP contribution in [0.3, 0.4) is 0 Å². The quantitative estimate of drug-likeness (QED) is 0.400. The Balaban J connectivity index is 1.54. The predicted molar refractivity (Wildman–Crippen MR) is 129 cm³/mol. The lowest BCUT2D eigenvalue weighted by atomic mass is 9.94. The molecule has 0 bridgehead atoms. The molecule has 0 spiro atoms. The zero-order valence-electron chi connectivity index (χ0n) is 17.7. The number of carbonyl (C=O) groups excluding carboxylic acids is 1. The number of hydrogen-bond acceptors (Lipinski definition) is 4. The van der Waals surface area contributed by atoms with Gasteiger partial charge in [-0.1, -0.05) is 31.4 Å². The number of ether oxygens (including phenoxy) is 2. The Hall–Kier alpha value is -2.45. The van der Waals surface area contributed by atoms with Crippen LogP contribution in [-0.2, 0) is 11.4 Å². The number of carbonyl (C=O) groups is 1. The first-order chi connectivity index (χ1) is 15.5. The molecule has 1 aliphatic carbocycles. The lowest BCUT2D eigenvalue weighted by Crippen LogP contribution is -2.41. The van der Waals surface area contributed by atoms with Crippen LogP contribution in [0.15, 0.2) is 46.6 Å². The first kappa shape index (κ1) is 22.7. The van der Waals surface area contributed by atoms with Crippen molar-refractivity contribution in [3.63, 3.8) is 0 Å². The van der Waals surface area contributed by atoms with Gasteiger partial charge in [0.25, 0.3) is 5.91 Å². The third-order valence-corrected chi connectivity index (χ3v) is 6.57. The summed E-state index contributed by atoms with van der Waals surface area (Å²) in [6.07, 6.45) is 7.19. The van der Waals surface area contributed by atoms with Crippen LogP contribution in [0.25, 0.3) is 6.08 Å². The number of nitrogens with one attached hydrogen (secondary N) is 1. The van der Waals surface area contributed by atoms with E-state index in [4.69, 9.17) is 21.7 Å². The van der Waals surface area contributed by atoms with Crippen molar-refractivity contribution in [2.24, 2.45) is 0 Å². The van der Waals surface area contributed by atoms with Crippen LogP contribution in [-0.4, -0.2) is 29.1 Å². The fourth-order valence-electron chi connectivity index (χ4n) is 4.13. The fraction of sp³-hybridized carbons (Fsp3) is 0.333. The molecule has 4 rings (SSSR count). The Morgan fingerprint density at radius 3 is 2.75 bits per heavy atom. The summed E-state index contributed by atoms with van der Waals surface area (Å²) >= 11 is 8.98. The van der Waals surface area contributed by atoms with Crippen molar-refractivity contribution in [2.75, 3.05) is 7.11 Å². The summed E-state index contributed by atoms with van der Waals surface area (Å²) in [6, 6.07) is 10.1. The van der Waals surface area contributed by atoms with E-state index in [9.17, 15) is 9.18 Å². The third-order valence-electron chi connectivity index (χ3n) is 5.68. The highest BCUT2D eigenvalue weighted by Gasteiger charge is 2.36. The van der Waals surface area contributed by atoms with Crippen molar-refractivity contribution in [3.05, 3.63) is 63.5 Å². The first-order valence-electron chi connectivity index (χ1n) is 10.6. The molecule has 32 heavy (non-hydrogen) atoms. The molecule has 1 saturated carbocycles. The molecule has 2 fully saturated rings. The molecule has 0 aromatic heterocycles. The molecule has 2 aliphatic rings. The van der Waals surface area contributed by atoms with Gasteiger partial charge in [-0.2, -0.15) is 0 Å². The average molecular weight is 519 g/mol. The molecule has 1 heterocycles. The van der Waals surface area contributed by atoms with Crippen LogP contribution >= 0.6 is 28.1 Å². The van der Waals surface area contributed by atoms with Gasteiger partial charge in [-0.05, 0) is 82.5 Å². The highest BCUT2D eigenvalue weighted by Crippen LogP contribution is 2.38. The Bertz CT molecular complexity index is 1070. The molecule has 1 aliphatic heterocycles. The molecule has 2 aromatic carbocycles. The van der Waals surface area contributed by atoms with Crippen LogP contribution < -0.4 is 14.8 Å². The lowest BCUT2D eigenvalue weighted by molar-refractivity contribution is -0.124. The van der Waals surface area contributed by atoms with Crippen LogP contribution in [0.1, 0.15) is 43.2 Å². The monoisotopic (exact) mass is 518 g/mol. The van der Waals surface area contributed by atoms with E-state index in [1.54, 1.807) is 36.3 Å². The van der Waals surface area contributed by atoms with Crippen LogP contribution in [0.5, 0.6) is 11.5 Å². The fourth-order valence-corrected chi connectivity index (χ4v) is 5.05. The van der Waals surface area contributed by atoms with Gasteiger partial charge in [0.05, 0.1) is 11.6 Å². The van der Waals surface area contributed by atoms with E-state index in [1.165, 1.54) is 18.6 Å². The molecule has 168 valence electrons. The van der Waals surface area contributed by atoms with Crippen LogP contribution in [0.2, 0.25) is 0 Å². The largest absolute Gasteiger partial charge is 0.493 e. The van der Waals surface area contributed by atoms with Crippen LogP contribution in [0.4, 0.5) is 4.39 Å². The summed E-state index contributed by atoms with van der Waals surface area (Å²) in [5.74, 6) is 0.597. The number of methoxy groups -OCH3 is 1. The number of nitrogens with zero attached hydrogens (tertiary/aromatic N) is 1. The molecular formula is C24H24BrFN2O3S. The van der Waals surface area contributed by atoms with Crippen molar-refractivity contribution in [3.8, 4) is 11.5 Å². The molecule has 0 atom stereocenters. The van der Waals surface area contributed by atoms with Crippen molar-refractivity contribution in [1.29, 1.82) is 0 Å². The van der Waals surface area contributed by atoms with E-state index in [1.807, 2.05) is 6.07 Å². The summed E-state index contributed by atoms with van der Waals surface area (Å²) < 4.78 is 25.5. The highest BCUT2D eigenvalue weighted by molar-refractivity contribution is 9.10. The van der Waals surface area contributed by atoms with E-state index in [0.29, 0.717) is 32.3 Å². The van der Waals surface area contributed by atoms with Crippen molar-refractivity contribution >= 4 is 45.2 Å². The van der Waals surface area contributed by atoms with Gasteiger partial charge in [-0.3, -0.25) is 9.69 Å². The topological polar surface area (TPSA) is 50.8 Å². The van der Waals surface area contributed by atoms with Crippen molar-refractivity contribution < 1.29 is 18.7 Å². The van der Waals surface area contributed by atoms with E-state index in [-0.39, 0.29) is 24.4 Å². The SMILES string of the molecule is COc1cc(/C=C2\NC(=S)N(C3CCCCC3)C2=O)cc(Br)c1OCc1cccc(F)c1. The Kier molecular flexibility index (Phi) is 7.10. The maximum Gasteiger partial charge on any atom is 0.276 e. The molecule has 5 nitrogen and oxygen atoms in total. The summed E-state index contributed by atoms with van der Waals surface area (Å²) in [4.78, 5) is 14.7. The smallest absolute Gasteiger partial charge is 0.276 e. The summed E-state index contributed by atoms with van der Waals surface area (Å²) in [6.45, 7) is 0.192. The van der Waals surface area contributed by atoms with Gasteiger partial charge < -0.3 is 14.8 Å². The molecule has 1 amide bonds. The molecular weight excluding hydrogens is 495 g/mol. The number of hydrogen-bond donors (Lipinski definition) is 1. The van der Waals surface area contributed by atoms with Crippen LogP contribution in [0, 0.1) is 5.82 Å². The van der Waals surface area contributed by atoms with Gasteiger partial charge >= 0.3 is 0 Å². The maximum absolute atomic E-state index is 13.4. The number of thiocarbonyl (C=S) groups is 1. The van der Waals surface area contributed by atoms with Gasteiger partial charge in [0.2, 0.25) is 0 Å². The molecule has 1 N–H and O–H groups in total. The highest BCUT2D eigenvalue weighted by atomic mass is 79.9. The predicted octanol–water partition coefficient (Wildman–Crippen LogP) is 5.57.